The molecule has 47 heavy (non-hydrogen) atoms. The smallest absolute Gasteiger partial charge is 0.407 e. The molecule has 6 aliphatic heterocycles. The van der Waals surface area contributed by atoms with Crippen LogP contribution in [-0.4, -0.2) is 123 Å². The standard InChI is InChI=1S/C35H51N3O9/c39-29(27(19-24-5-2-1-3-6-24)36-33(41)47-30-23-45-32-26(30)8-15-44-32)21-38(25-7-10-35(46-22-25)12-17-43-18-13-35)28-20-34(37-31(28)40)9-4-14-42-16-11-34/h1-3,5-6,25-30,32,39H,4,7-23H2,(H,36,41)(H,37,40)/t25?,26?,27?,28?,29-,30?,32-,34+/m1/s1. The molecule has 2 amide bonds. The monoisotopic (exact) mass is 657 g/mol. The summed E-state index contributed by atoms with van der Waals surface area (Å²) >= 11 is 0. The molecule has 0 aromatic heterocycles. The second-order valence-electron chi connectivity index (χ2n) is 14.4. The first-order valence-corrected chi connectivity index (χ1v) is 17.7. The molecule has 1 aromatic rings. The van der Waals surface area contributed by atoms with Gasteiger partial charge in [0.05, 0.1) is 49.5 Å². The van der Waals surface area contributed by atoms with E-state index in [2.05, 4.69) is 15.5 Å². The first-order valence-electron chi connectivity index (χ1n) is 17.7. The highest BCUT2D eigenvalue weighted by atomic mass is 16.7. The highest BCUT2D eigenvalue weighted by molar-refractivity contribution is 5.85. The third-order valence-electron chi connectivity index (χ3n) is 11.4. The van der Waals surface area contributed by atoms with E-state index < -0.39 is 30.4 Å². The molecule has 12 nitrogen and oxygen atoms in total. The van der Waals surface area contributed by atoms with Gasteiger partial charge in [0.15, 0.2) is 6.29 Å². The quantitative estimate of drug-likeness (QED) is 0.363. The van der Waals surface area contributed by atoms with Gasteiger partial charge < -0.3 is 44.2 Å². The number of hydrogen-bond acceptors (Lipinski definition) is 10. The Kier molecular flexibility index (Phi) is 10.3. The molecule has 0 aliphatic carbocycles. The molecule has 3 N–H and O–H groups in total. The number of amides is 2. The minimum Gasteiger partial charge on any atom is -0.443 e. The summed E-state index contributed by atoms with van der Waals surface area (Å²) in [5.41, 5.74) is 0.497. The van der Waals surface area contributed by atoms with Crippen molar-refractivity contribution in [1.82, 2.24) is 15.5 Å². The fourth-order valence-corrected chi connectivity index (χ4v) is 8.62. The highest BCUT2D eigenvalue weighted by Crippen LogP contribution is 2.39. The van der Waals surface area contributed by atoms with Crippen LogP contribution >= 0.6 is 0 Å². The first-order chi connectivity index (χ1) is 22.9. The summed E-state index contributed by atoms with van der Waals surface area (Å²) < 4.78 is 35.1. The molecule has 1 aromatic carbocycles. The number of aliphatic hydroxyl groups excluding tert-OH is 1. The third-order valence-corrected chi connectivity index (χ3v) is 11.4. The zero-order chi connectivity index (χ0) is 32.3. The molecule has 8 atom stereocenters. The van der Waals surface area contributed by atoms with E-state index in [0.717, 1.165) is 56.9 Å². The predicted octanol–water partition coefficient (Wildman–Crippen LogP) is 2.30. The van der Waals surface area contributed by atoms with Gasteiger partial charge in [-0.15, -0.1) is 0 Å². The number of carbonyl (C=O) groups excluding carboxylic acids is 2. The van der Waals surface area contributed by atoms with Crippen LogP contribution in [0.4, 0.5) is 4.79 Å². The fraction of sp³-hybridized carbons (Fsp3) is 0.771. The lowest BCUT2D eigenvalue weighted by molar-refractivity contribution is -0.160. The Balaban J connectivity index is 1.09. The zero-order valence-corrected chi connectivity index (χ0v) is 27.3. The largest absolute Gasteiger partial charge is 0.443 e. The van der Waals surface area contributed by atoms with E-state index in [1.54, 1.807) is 0 Å². The maximum absolute atomic E-state index is 13.8. The minimum absolute atomic E-state index is 0.00741. The fourth-order valence-electron chi connectivity index (χ4n) is 8.62. The van der Waals surface area contributed by atoms with Crippen LogP contribution in [0.3, 0.4) is 0 Å². The molecule has 2 spiro atoms. The Morgan fingerprint density at radius 2 is 1.81 bits per heavy atom. The van der Waals surface area contributed by atoms with Gasteiger partial charge in [-0.05, 0) is 69.8 Å². The lowest BCUT2D eigenvalue weighted by atomic mass is 9.83. The number of hydrogen-bond donors (Lipinski definition) is 3. The van der Waals surface area contributed by atoms with E-state index in [4.69, 9.17) is 28.4 Å². The normalized spacial score (nSPS) is 34.9. The number of aliphatic hydroxyl groups is 1. The zero-order valence-electron chi connectivity index (χ0n) is 27.3. The van der Waals surface area contributed by atoms with E-state index in [9.17, 15) is 14.7 Å². The molecule has 7 rings (SSSR count). The van der Waals surface area contributed by atoms with Gasteiger partial charge in [0.1, 0.15) is 6.10 Å². The van der Waals surface area contributed by atoms with Gasteiger partial charge in [0, 0.05) is 44.6 Å². The van der Waals surface area contributed by atoms with Crippen molar-refractivity contribution >= 4 is 12.0 Å². The number of ether oxygens (including phenoxy) is 6. The lowest BCUT2D eigenvalue weighted by Crippen LogP contribution is -2.58. The van der Waals surface area contributed by atoms with Crippen LogP contribution in [0.5, 0.6) is 0 Å². The number of nitrogens with zero attached hydrogens (tertiary/aromatic N) is 1. The number of rotatable bonds is 9. The van der Waals surface area contributed by atoms with E-state index in [0.29, 0.717) is 59.1 Å². The lowest BCUT2D eigenvalue weighted by Gasteiger charge is -2.47. The number of carbonyl (C=O) groups is 2. The van der Waals surface area contributed by atoms with Gasteiger partial charge in [-0.3, -0.25) is 9.69 Å². The van der Waals surface area contributed by atoms with Crippen LogP contribution in [0.2, 0.25) is 0 Å². The molecule has 6 fully saturated rings. The molecule has 260 valence electrons. The van der Waals surface area contributed by atoms with Gasteiger partial charge in [-0.1, -0.05) is 30.3 Å². The van der Waals surface area contributed by atoms with E-state index in [-0.39, 0.29) is 41.8 Å². The predicted molar refractivity (Wildman–Crippen MR) is 170 cm³/mol. The van der Waals surface area contributed by atoms with Crippen LogP contribution in [0.25, 0.3) is 0 Å². The maximum Gasteiger partial charge on any atom is 0.407 e. The second kappa shape index (κ2) is 14.7. The molecule has 6 heterocycles. The molecule has 0 saturated carbocycles. The molecular formula is C35H51N3O9. The summed E-state index contributed by atoms with van der Waals surface area (Å²) in [6.07, 6.45) is 5.59. The van der Waals surface area contributed by atoms with Crippen molar-refractivity contribution in [2.24, 2.45) is 5.92 Å². The summed E-state index contributed by atoms with van der Waals surface area (Å²) in [5, 5.41) is 18.4. The van der Waals surface area contributed by atoms with Crippen LogP contribution in [0.15, 0.2) is 30.3 Å². The van der Waals surface area contributed by atoms with Gasteiger partial charge in [0.2, 0.25) is 5.91 Å². The molecular weight excluding hydrogens is 606 g/mol. The van der Waals surface area contributed by atoms with Crippen molar-refractivity contribution in [3.05, 3.63) is 35.9 Å². The van der Waals surface area contributed by atoms with Crippen LogP contribution < -0.4 is 10.6 Å². The summed E-state index contributed by atoms with van der Waals surface area (Å²) in [6, 6.07) is 8.69. The SMILES string of the molecule is O=C(NC(Cc1ccccc1)[C@H](O)CN(C1CCC2(CCOCC2)OC1)C1C[C@@]2(CCCOCC2)NC1=O)OC1CO[C@H]2OCCC12. The number of benzene rings is 1. The first kappa shape index (κ1) is 33.2. The average molecular weight is 658 g/mol. The summed E-state index contributed by atoms with van der Waals surface area (Å²) in [6.45, 7) is 4.30. The van der Waals surface area contributed by atoms with Gasteiger partial charge >= 0.3 is 6.09 Å². The van der Waals surface area contributed by atoms with Crippen molar-refractivity contribution < 1.29 is 43.1 Å². The maximum atomic E-state index is 13.8. The van der Waals surface area contributed by atoms with Crippen molar-refractivity contribution in [1.29, 1.82) is 0 Å². The van der Waals surface area contributed by atoms with Crippen LogP contribution in [-0.2, 0) is 39.6 Å². The van der Waals surface area contributed by atoms with Gasteiger partial charge in [-0.25, -0.2) is 4.79 Å². The average Bonchev–Trinajstić information content (AvgIpc) is 3.73. The number of fused-ring (bicyclic) bond motifs is 1. The number of alkyl carbamates (subject to hydrolysis) is 1. The Morgan fingerprint density at radius 1 is 1.00 bits per heavy atom. The van der Waals surface area contributed by atoms with E-state index >= 15 is 0 Å². The Hall–Kier alpha value is -2.32. The highest BCUT2D eigenvalue weighted by Gasteiger charge is 2.50. The van der Waals surface area contributed by atoms with Crippen molar-refractivity contribution in [3.8, 4) is 0 Å². The minimum atomic E-state index is -0.981. The number of nitrogens with one attached hydrogen (secondary N) is 2. The van der Waals surface area contributed by atoms with Crippen LogP contribution in [0.1, 0.15) is 63.4 Å². The molecule has 12 heteroatoms. The van der Waals surface area contributed by atoms with Gasteiger partial charge in [0.25, 0.3) is 0 Å². The topological polar surface area (TPSA) is 137 Å². The Labute approximate surface area is 277 Å². The molecule has 5 unspecified atom stereocenters. The third kappa shape index (κ3) is 7.64. The summed E-state index contributed by atoms with van der Waals surface area (Å²) in [5.74, 6) is 0.00801. The van der Waals surface area contributed by atoms with E-state index in [1.807, 2.05) is 30.3 Å². The summed E-state index contributed by atoms with van der Waals surface area (Å²) in [4.78, 5) is 29.3. The Morgan fingerprint density at radius 3 is 2.62 bits per heavy atom. The molecule has 6 saturated heterocycles. The van der Waals surface area contributed by atoms with Gasteiger partial charge in [-0.2, -0.15) is 0 Å². The van der Waals surface area contributed by atoms with Crippen LogP contribution in [0, 0.1) is 5.92 Å². The van der Waals surface area contributed by atoms with Crippen molar-refractivity contribution in [2.75, 3.05) is 52.8 Å². The molecule has 6 aliphatic rings. The molecule has 0 bridgehead atoms. The summed E-state index contributed by atoms with van der Waals surface area (Å²) in [7, 11) is 0. The van der Waals surface area contributed by atoms with Crippen molar-refractivity contribution in [2.45, 2.75) is 112 Å². The Bertz CT molecular complexity index is 1200. The molecule has 0 radical (unpaired) electrons. The van der Waals surface area contributed by atoms with Crippen molar-refractivity contribution in [3.63, 3.8) is 0 Å². The second-order valence-corrected chi connectivity index (χ2v) is 14.4. The van der Waals surface area contributed by atoms with E-state index in [1.165, 1.54) is 0 Å².